The van der Waals surface area contributed by atoms with Gasteiger partial charge in [-0.25, -0.2) is 0 Å². The highest BCUT2D eigenvalue weighted by molar-refractivity contribution is 5.91. The number of hydrogen-bond donors (Lipinski definition) is 2. The van der Waals surface area contributed by atoms with Gasteiger partial charge in [-0.15, -0.1) is 10.2 Å². The minimum absolute atomic E-state index is 0.167. The van der Waals surface area contributed by atoms with Gasteiger partial charge in [0.05, 0.1) is 6.42 Å². The maximum atomic E-state index is 11.4. The molecule has 0 saturated carbocycles. The quantitative estimate of drug-likeness (QED) is 0.750. The predicted octanol–water partition coefficient (Wildman–Crippen LogP) is -0.567. The number of amides is 1. The second-order valence-electron chi connectivity index (χ2n) is 4.83. The summed E-state index contributed by atoms with van der Waals surface area (Å²) in [6.45, 7) is 3.71. The van der Waals surface area contributed by atoms with Crippen molar-refractivity contribution in [2.45, 2.75) is 6.42 Å². The Morgan fingerprint density at radius 1 is 1.24 bits per heavy atom. The van der Waals surface area contributed by atoms with Crippen LogP contribution in [0, 0.1) is 0 Å². The lowest BCUT2D eigenvalue weighted by atomic mass is 10.2. The molecular weight excluding hydrogens is 274 g/mol. The lowest BCUT2D eigenvalue weighted by Crippen LogP contribution is -2.47. The molecule has 0 unspecified atom stereocenters. The van der Waals surface area contributed by atoms with Crippen LogP contribution in [0.25, 0.3) is 0 Å². The average Bonchev–Trinajstić information content (AvgIpc) is 2.53. The standard InChI is InChI=1S/C13H19N5O3/c1-14-13(21)10-2-3-11(16-15-10)18-8-6-17(7-9-18)5-4-12(19)20/h2-3H,4-9H2,1H3,(H,14,21)(H,19,20). The first-order valence-corrected chi connectivity index (χ1v) is 6.85. The average molecular weight is 293 g/mol. The molecule has 8 heteroatoms. The van der Waals surface area contributed by atoms with Crippen LogP contribution in [-0.2, 0) is 4.79 Å². The van der Waals surface area contributed by atoms with Crippen molar-refractivity contribution in [3.8, 4) is 0 Å². The largest absolute Gasteiger partial charge is 0.481 e. The molecule has 1 aliphatic heterocycles. The lowest BCUT2D eigenvalue weighted by molar-refractivity contribution is -0.137. The fraction of sp³-hybridized carbons (Fsp3) is 0.538. The second kappa shape index (κ2) is 6.98. The number of carbonyl (C=O) groups is 2. The zero-order valence-electron chi connectivity index (χ0n) is 11.9. The van der Waals surface area contributed by atoms with Crippen LogP contribution in [0.5, 0.6) is 0 Å². The Hall–Kier alpha value is -2.22. The summed E-state index contributed by atoms with van der Waals surface area (Å²) in [5.74, 6) is -0.291. The van der Waals surface area contributed by atoms with E-state index in [9.17, 15) is 9.59 Å². The molecule has 8 nitrogen and oxygen atoms in total. The summed E-state index contributed by atoms with van der Waals surface area (Å²) in [6.07, 6.45) is 0.167. The minimum atomic E-state index is -0.770. The van der Waals surface area contributed by atoms with E-state index in [1.807, 2.05) is 0 Å². The molecule has 1 saturated heterocycles. The summed E-state index contributed by atoms with van der Waals surface area (Å²) in [6, 6.07) is 3.43. The molecule has 1 aliphatic rings. The smallest absolute Gasteiger partial charge is 0.304 e. The van der Waals surface area contributed by atoms with E-state index in [0.717, 1.165) is 32.0 Å². The molecule has 1 aromatic rings. The molecule has 2 heterocycles. The Bertz CT molecular complexity index is 497. The number of anilines is 1. The highest BCUT2D eigenvalue weighted by Crippen LogP contribution is 2.13. The van der Waals surface area contributed by atoms with Crippen LogP contribution in [0.3, 0.4) is 0 Å². The molecule has 1 fully saturated rings. The van der Waals surface area contributed by atoms with Crippen molar-refractivity contribution in [3.05, 3.63) is 17.8 Å². The highest BCUT2D eigenvalue weighted by Gasteiger charge is 2.19. The van der Waals surface area contributed by atoms with Gasteiger partial charge in [-0.3, -0.25) is 14.5 Å². The molecule has 21 heavy (non-hydrogen) atoms. The Kier molecular flexibility index (Phi) is 5.04. The number of carbonyl (C=O) groups excluding carboxylic acids is 1. The van der Waals surface area contributed by atoms with Crippen LogP contribution in [0.2, 0.25) is 0 Å². The normalized spacial score (nSPS) is 15.8. The third kappa shape index (κ3) is 4.12. The summed E-state index contributed by atoms with van der Waals surface area (Å²) in [5, 5.41) is 19.2. The lowest BCUT2D eigenvalue weighted by Gasteiger charge is -2.34. The van der Waals surface area contributed by atoms with E-state index in [4.69, 9.17) is 5.11 Å². The van der Waals surface area contributed by atoms with Crippen molar-refractivity contribution < 1.29 is 14.7 Å². The number of rotatable bonds is 5. The Morgan fingerprint density at radius 2 is 1.95 bits per heavy atom. The molecule has 1 amide bonds. The maximum absolute atomic E-state index is 11.4. The number of carboxylic acids is 1. The minimum Gasteiger partial charge on any atom is -0.481 e. The van der Waals surface area contributed by atoms with Gasteiger partial charge in [0.15, 0.2) is 11.5 Å². The third-order valence-electron chi connectivity index (χ3n) is 3.45. The molecule has 1 aromatic heterocycles. The zero-order valence-corrected chi connectivity index (χ0v) is 11.9. The first-order chi connectivity index (χ1) is 10.1. The van der Waals surface area contributed by atoms with Crippen LogP contribution in [-0.4, -0.2) is 71.9 Å². The summed E-state index contributed by atoms with van der Waals surface area (Å²) in [4.78, 5) is 26.1. The molecule has 2 rings (SSSR count). The van der Waals surface area contributed by atoms with Gasteiger partial charge in [-0.2, -0.15) is 0 Å². The molecule has 0 radical (unpaired) electrons. The van der Waals surface area contributed by atoms with Crippen molar-refractivity contribution >= 4 is 17.7 Å². The third-order valence-corrected chi connectivity index (χ3v) is 3.45. The summed E-state index contributed by atoms with van der Waals surface area (Å²) < 4.78 is 0. The Labute approximate surface area is 122 Å². The monoisotopic (exact) mass is 293 g/mol. The first kappa shape index (κ1) is 15.2. The molecular formula is C13H19N5O3. The van der Waals surface area contributed by atoms with E-state index in [1.54, 1.807) is 19.2 Å². The van der Waals surface area contributed by atoms with Crippen LogP contribution in [0.15, 0.2) is 12.1 Å². The van der Waals surface area contributed by atoms with E-state index in [0.29, 0.717) is 12.2 Å². The highest BCUT2D eigenvalue weighted by atomic mass is 16.4. The summed E-state index contributed by atoms with van der Waals surface area (Å²) >= 11 is 0. The van der Waals surface area contributed by atoms with Crippen molar-refractivity contribution in [1.82, 2.24) is 20.4 Å². The number of nitrogens with one attached hydrogen (secondary N) is 1. The first-order valence-electron chi connectivity index (χ1n) is 6.85. The fourth-order valence-corrected chi connectivity index (χ4v) is 2.20. The summed E-state index contributed by atoms with van der Waals surface area (Å²) in [5.41, 5.74) is 0.293. The van der Waals surface area contributed by atoms with Gasteiger partial charge in [0, 0.05) is 39.8 Å². The number of piperazine rings is 1. The molecule has 2 N–H and O–H groups in total. The van der Waals surface area contributed by atoms with Crippen molar-refractivity contribution in [1.29, 1.82) is 0 Å². The van der Waals surface area contributed by atoms with E-state index >= 15 is 0 Å². The van der Waals surface area contributed by atoms with E-state index in [1.165, 1.54) is 0 Å². The van der Waals surface area contributed by atoms with Gasteiger partial charge in [-0.05, 0) is 12.1 Å². The second-order valence-corrected chi connectivity index (χ2v) is 4.83. The predicted molar refractivity (Wildman–Crippen MR) is 76.3 cm³/mol. The topological polar surface area (TPSA) is 98.7 Å². The van der Waals surface area contributed by atoms with Crippen molar-refractivity contribution in [3.63, 3.8) is 0 Å². The van der Waals surface area contributed by atoms with E-state index in [2.05, 4.69) is 25.3 Å². The molecule has 114 valence electrons. The molecule has 0 atom stereocenters. The maximum Gasteiger partial charge on any atom is 0.304 e. The van der Waals surface area contributed by atoms with Gasteiger partial charge in [0.2, 0.25) is 0 Å². The molecule has 0 aromatic carbocycles. The number of aliphatic carboxylic acids is 1. The van der Waals surface area contributed by atoms with Gasteiger partial charge in [-0.1, -0.05) is 0 Å². The number of hydrogen-bond acceptors (Lipinski definition) is 6. The van der Waals surface area contributed by atoms with E-state index in [-0.39, 0.29) is 12.3 Å². The molecule has 0 bridgehead atoms. The number of aromatic nitrogens is 2. The van der Waals surface area contributed by atoms with Crippen molar-refractivity contribution in [2.24, 2.45) is 0 Å². The van der Waals surface area contributed by atoms with Crippen LogP contribution < -0.4 is 10.2 Å². The SMILES string of the molecule is CNC(=O)c1ccc(N2CCN(CCC(=O)O)CC2)nn1. The Morgan fingerprint density at radius 3 is 2.48 bits per heavy atom. The van der Waals surface area contributed by atoms with E-state index < -0.39 is 5.97 Å². The van der Waals surface area contributed by atoms with Gasteiger partial charge >= 0.3 is 5.97 Å². The Balaban J connectivity index is 1.87. The number of carboxylic acid groups (broad SMARTS) is 1. The fourth-order valence-electron chi connectivity index (χ4n) is 2.20. The van der Waals surface area contributed by atoms with Gasteiger partial charge < -0.3 is 15.3 Å². The summed E-state index contributed by atoms with van der Waals surface area (Å²) in [7, 11) is 1.55. The van der Waals surface area contributed by atoms with Gasteiger partial charge in [0.1, 0.15) is 0 Å². The van der Waals surface area contributed by atoms with Crippen LogP contribution in [0.4, 0.5) is 5.82 Å². The number of nitrogens with zero attached hydrogens (tertiary/aromatic N) is 4. The van der Waals surface area contributed by atoms with Crippen LogP contribution >= 0.6 is 0 Å². The zero-order chi connectivity index (χ0) is 15.2. The molecule has 0 aliphatic carbocycles. The van der Waals surface area contributed by atoms with Gasteiger partial charge in [0.25, 0.3) is 5.91 Å². The van der Waals surface area contributed by atoms with Crippen molar-refractivity contribution in [2.75, 3.05) is 44.7 Å². The van der Waals surface area contributed by atoms with Crippen LogP contribution in [0.1, 0.15) is 16.9 Å². The molecule has 0 spiro atoms.